The number of carbonyl (C=O) groups is 1. The zero-order valence-electron chi connectivity index (χ0n) is 12.8. The molecule has 1 heterocycles. The van der Waals surface area contributed by atoms with Crippen molar-refractivity contribution in [1.29, 1.82) is 0 Å². The van der Waals surface area contributed by atoms with E-state index in [2.05, 4.69) is 10.3 Å². The molecule has 6 nitrogen and oxygen atoms in total. The van der Waals surface area contributed by atoms with E-state index in [0.717, 1.165) is 17.0 Å². The molecule has 0 saturated carbocycles. The number of hydrogen-bond acceptors (Lipinski definition) is 5. The third-order valence-corrected chi connectivity index (χ3v) is 3.09. The van der Waals surface area contributed by atoms with Crippen molar-refractivity contribution >= 4 is 24.0 Å². The first-order chi connectivity index (χ1) is 10.0. The summed E-state index contributed by atoms with van der Waals surface area (Å²) in [5.74, 6) is 1.01. The standard InChI is InChI=1S/C15H19N3O3.ClH/c1-9-10(2)21-15(17-9)11-5-4-6-12(7-11)18-14(19)13(16)8-20-3;/h4-7,13H,8,16H2,1-3H3,(H,18,19);1H. The molecule has 0 aliphatic rings. The Balaban J connectivity index is 0.00000242. The fraction of sp³-hybridized carbons (Fsp3) is 0.333. The maximum absolute atomic E-state index is 11.9. The normalized spacial score (nSPS) is 11.6. The molecule has 1 aromatic carbocycles. The SMILES string of the molecule is COCC(N)C(=O)Nc1cccc(-c2nc(C)c(C)o2)c1.Cl. The molecule has 1 aromatic heterocycles. The molecule has 0 bridgehead atoms. The van der Waals surface area contributed by atoms with Gasteiger partial charge in [-0.15, -0.1) is 12.4 Å². The number of aryl methyl sites for hydroxylation is 2. The number of nitrogens with zero attached hydrogens (tertiary/aromatic N) is 1. The molecule has 0 saturated heterocycles. The van der Waals surface area contributed by atoms with E-state index in [9.17, 15) is 4.79 Å². The van der Waals surface area contributed by atoms with Crippen LogP contribution in [0.5, 0.6) is 0 Å². The van der Waals surface area contributed by atoms with Gasteiger partial charge in [0.2, 0.25) is 11.8 Å². The number of oxazole rings is 1. The summed E-state index contributed by atoms with van der Waals surface area (Å²) in [4.78, 5) is 16.2. The highest BCUT2D eigenvalue weighted by atomic mass is 35.5. The van der Waals surface area contributed by atoms with Crippen molar-refractivity contribution in [1.82, 2.24) is 4.98 Å². The summed E-state index contributed by atoms with van der Waals surface area (Å²) in [5.41, 5.74) is 7.96. The molecule has 1 unspecified atom stereocenters. The van der Waals surface area contributed by atoms with Gasteiger partial charge in [0.15, 0.2) is 0 Å². The molecule has 1 atom stereocenters. The molecule has 0 radical (unpaired) electrons. The second-order valence-corrected chi connectivity index (χ2v) is 4.79. The van der Waals surface area contributed by atoms with Gasteiger partial charge in [0.25, 0.3) is 0 Å². The Morgan fingerprint density at radius 1 is 1.45 bits per heavy atom. The second-order valence-electron chi connectivity index (χ2n) is 4.79. The third kappa shape index (κ3) is 4.30. The Kier molecular flexibility index (Phi) is 6.55. The minimum Gasteiger partial charge on any atom is -0.441 e. The van der Waals surface area contributed by atoms with Gasteiger partial charge in [0, 0.05) is 18.4 Å². The number of aromatic nitrogens is 1. The third-order valence-electron chi connectivity index (χ3n) is 3.09. The lowest BCUT2D eigenvalue weighted by molar-refractivity contribution is -0.118. The number of nitrogens with one attached hydrogen (secondary N) is 1. The van der Waals surface area contributed by atoms with Crippen molar-refractivity contribution < 1.29 is 13.9 Å². The van der Waals surface area contributed by atoms with Crippen LogP contribution >= 0.6 is 12.4 Å². The molecule has 2 rings (SSSR count). The number of benzene rings is 1. The number of halogens is 1. The number of hydrogen-bond donors (Lipinski definition) is 2. The molecule has 120 valence electrons. The number of carbonyl (C=O) groups excluding carboxylic acids is 1. The summed E-state index contributed by atoms with van der Waals surface area (Å²) in [5, 5.41) is 2.74. The lowest BCUT2D eigenvalue weighted by Gasteiger charge is -2.11. The zero-order valence-corrected chi connectivity index (χ0v) is 13.6. The predicted octanol–water partition coefficient (Wildman–Crippen LogP) is 2.29. The van der Waals surface area contributed by atoms with Crippen LogP contribution in [0.4, 0.5) is 5.69 Å². The number of rotatable bonds is 5. The van der Waals surface area contributed by atoms with Gasteiger partial charge in [0.1, 0.15) is 11.8 Å². The van der Waals surface area contributed by atoms with Crippen LogP contribution in [-0.2, 0) is 9.53 Å². The van der Waals surface area contributed by atoms with Gasteiger partial charge in [-0.3, -0.25) is 4.79 Å². The van der Waals surface area contributed by atoms with E-state index in [0.29, 0.717) is 11.6 Å². The van der Waals surface area contributed by atoms with Crippen LogP contribution in [0.3, 0.4) is 0 Å². The van der Waals surface area contributed by atoms with Gasteiger partial charge < -0.3 is 20.2 Å². The Bertz CT molecular complexity index is 623. The molecule has 7 heteroatoms. The average molecular weight is 326 g/mol. The monoisotopic (exact) mass is 325 g/mol. The minimum atomic E-state index is -0.704. The Morgan fingerprint density at radius 3 is 2.77 bits per heavy atom. The first-order valence-corrected chi connectivity index (χ1v) is 6.61. The van der Waals surface area contributed by atoms with Crippen molar-refractivity contribution in [3.63, 3.8) is 0 Å². The number of anilines is 1. The molecule has 0 fully saturated rings. The van der Waals surface area contributed by atoms with Crippen LogP contribution in [0.2, 0.25) is 0 Å². The van der Waals surface area contributed by atoms with Crippen LogP contribution in [0.25, 0.3) is 11.5 Å². The zero-order chi connectivity index (χ0) is 15.4. The smallest absolute Gasteiger partial charge is 0.243 e. The summed E-state index contributed by atoms with van der Waals surface area (Å²) in [7, 11) is 1.50. The van der Waals surface area contributed by atoms with E-state index in [1.165, 1.54) is 7.11 Å². The Morgan fingerprint density at radius 2 is 2.18 bits per heavy atom. The van der Waals surface area contributed by atoms with Crippen molar-refractivity contribution in [3.05, 3.63) is 35.7 Å². The second kappa shape index (κ2) is 7.93. The summed E-state index contributed by atoms with van der Waals surface area (Å²) in [6.07, 6.45) is 0. The molecule has 1 amide bonds. The van der Waals surface area contributed by atoms with E-state index in [1.807, 2.05) is 26.0 Å². The van der Waals surface area contributed by atoms with Gasteiger partial charge in [-0.25, -0.2) is 4.98 Å². The molecule has 22 heavy (non-hydrogen) atoms. The number of amides is 1. The highest BCUT2D eigenvalue weighted by molar-refractivity contribution is 5.95. The number of methoxy groups -OCH3 is 1. The summed E-state index contributed by atoms with van der Waals surface area (Å²) in [6.45, 7) is 3.92. The van der Waals surface area contributed by atoms with Crippen molar-refractivity contribution in [2.24, 2.45) is 5.73 Å². The molecule has 0 aliphatic heterocycles. The van der Waals surface area contributed by atoms with Gasteiger partial charge >= 0.3 is 0 Å². The van der Waals surface area contributed by atoms with Crippen LogP contribution in [0, 0.1) is 13.8 Å². The van der Waals surface area contributed by atoms with Crippen LogP contribution in [0.15, 0.2) is 28.7 Å². The number of ether oxygens (including phenoxy) is 1. The minimum absolute atomic E-state index is 0. The molecular weight excluding hydrogens is 306 g/mol. The summed E-state index contributed by atoms with van der Waals surface area (Å²) in [6, 6.07) is 6.56. The summed E-state index contributed by atoms with van der Waals surface area (Å²) >= 11 is 0. The Hall–Kier alpha value is -1.89. The lowest BCUT2D eigenvalue weighted by atomic mass is 10.2. The first-order valence-electron chi connectivity index (χ1n) is 6.61. The largest absolute Gasteiger partial charge is 0.441 e. The van der Waals surface area contributed by atoms with Gasteiger partial charge in [0.05, 0.1) is 12.3 Å². The molecular formula is C15H20ClN3O3. The molecule has 2 aromatic rings. The van der Waals surface area contributed by atoms with Crippen LogP contribution in [0.1, 0.15) is 11.5 Å². The van der Waals surface area contributed by atoms with E-state index in [4.69, 9.17) is 14.9 Å². The Labute approximate surface area is 135 Å². The summed E-state index contributed by atoms with van der Waals surface area (Å²) < 4.78 is 10.4. The van der Waals surface area contributed by atoms with Crippen molar-refractivity contribution in [3.8, 4) is 11.5 Å². The molecule has 0 aliphatic carbocycles. The highest BCUT2D eigenvalue weighted by Gasteiger charge is 2.14. The van der Waals surface area contributed by atoms with E-state index in [1.54, 1.807) is 12.1 Å². The van der Waals surface area contributed by atoms with E-state index < -0.39 is 6.04 Å². The van der Waals surface area contributed by atoms with Gasteiger partial charge in [-0.05, 0) is 32.0 Å². The van der Waals surface area contributed by atoms with Gasteiger partial charge in [-0.2, -0.15) is 0 Å². The molecule has 3 N–H and O–H groups in total. The maximum Gasteiger partial charge on any atom is 0.243 e. The van der Waals surface area contributed by atoms with Crippen LogP contribution < -0.4 is 11.1 Å². The topological polar surface area (TPSA) is 90.4 Å². The number of nitrogens with two attached hydrogens (primary N) is 1. The maximum atomic E-state index is 11.9. The predicted molar refractivity (Wildman–Crippen MR) is 87.1 cm³/mol. The highest BCUT2D eigenvalue weighted by Crippen LogP contribution is 2.24. The fourth-order valence-corrected chi connectivity index (χ4v) is 1.82. The molecule has 0 spiro atoms. The lowest BCUT2D eigenvalue weighted by Crippen LogP contribution is -2.39. The average Bonchev–Trinajstić information content (AvgIpc) is 2.79. The van der Waals surface area contributed by atoms with Crippen LogP contribution in [-0.4, -0.2) is 30.6 Å². The van der Waals surface area contributed by atoms with E-state index >= 15 is 0 Å². The van der Waals surface area contributed by atoms with Gasteiger partial charge in [-0.1, -0.05) is 6.07 Å². The van der Waals surface area contributed by atoms with Crippen molar-refractivity contribution in [2.75, 3.05) is 19.0 Å². The fourth-order valence-electron chi connectivity index (χ4n) is 1.82. The van der Waals surface area contributed by atoms with Crippen molar-refractivity contribution in [2.45, 2.75) is 19.9 Å². The quantitative estimate of drug-likeness (QED) is 0.880. The van der Waals surface area contributed by atoms with E-state index in [-0.39, 0.29) is 24.9 Å². The first kappa shape index (κ1) is 18.2.